The Hall–Kier alpha value is -1.98. The summed E-state index contributed by atoms with van der Waals surface area (Å²) in [5, 5.41) is 5.26. The van der Waals surface area contributed by atoms with Crippen molar-refractivity contribution in [1.82, 2.24) is 14.9 Å². The van der Waals surface area contributed by atoms with Gasteiger partial charge in [-0.05, 0) is 42.3 Å². The predicted octanol–water partition coefficient (Wildman–Crippen LogP) is 3.32. The molecule has 1 aliphatic rings. The Bertz CT molecular complexity index is 794. The van der Waals surface area contributed by atoms with E-state index in [9.17, 15) is 0 Å². The largest absolute Gasteiger partial charge is 0.492 e. The van der Waals surface area contributed by atoms with Crippen molar-refractivity contribution in [2.45, 2.75) is 18.2 Å². The molecule has 1 aliphatic heterocycles. The lowest BCUT2D eigenvalue weighted by Gasteiger charge is -2.10. The van der Waals surface area contributed by atoms with Crippen LogP contribution in [0.25, 0.3) is 11.0 Å². The maximum atomic E-state index is 5.89. The van der Waals surface area contributed by atoms with Crippen LogP contribution in [-0.4, -0.2) is 33.8 Å². The minimum atomic E-state index is 0.641. The number of fused-ring (bicyclic) bond motifs is 1. The average molecular weight is 339 g/mol. The lowest BCUT2D eigenvalue weighted by molar-refractivity contribution is 0.300. The van der Waals surface area contributed by atoms with Crippen LogP contribution < -0.4 is 10.1 Å². The van der Waals surface area contributed by atoms with Gasteiger partial charge in [0.05, 0.1) is 6.54 Å². The lowest BCUT2D eigenvalue weighted by Crippen LogP contribution is -2.14. The van der Waals surface area contributed by atoms with Gasteiger partial charge in [0.25, 0.3) is 0 Å². The summed E-state index contributed by atoms with van der Waals surface area (Å²) >= 11 is 2.00. The second-order valence-electron chi connectivity index (χ2n) is 6.01. The van der Waals surface area contributed by atoms with Crippen LogP contribution in [-0.2, 0) is 13.0 Å². The molecule has 4 nitrogen and oxygen atoms in total. The molecule has 3 aromatic rings. The number of rotatable bonds is 6. The van der Waals surface area contributed by atoms with Crippen molar-refractivity contribution in [2.75, 3.05) is 19.0 Å². The Labute approximate surface area is 146 Å². The zero-order valence-electron chi connectivity index (χ0n) is 13.5. The van der Waals surface area contributed by atoms with Crippen LogP contribution in [0.3, 0.4) is 0 Å². The van der Waals surface area contributed by atoms with Gasteiger partial charge in [-0.25, -0.2) is 4.98 Å². The van der Waals surface area contributed by atoms with E-state index in [4.69, 9.17) is 4.74 Å². The smallest absolute Gasteiger partial charge is 0.139 e. The number of ether oxygens (including phenoxy) is 1. The van der Waals surface area contributed by atoms with Crippen molar-refractivity contribution >= 4 is 22.8 Å². The first-order valence-electron chi connectivity index (χ1n) is 8.32. The van der Waals surface area contributed by atoms with Gasteiger partial charge in [-0.3, -0.25) is 0 Å². The van der Waals surface area contributed by atoms with Crippen LogP contribution in [0, 0.1) is 0 Å². The molecule has 1 N–H and O–H groups in total. The van der Waals surface area contributed by atoms with Gasteiger partial charge < -0.3 is 14.6 Å². The van der Waals surface area contributed by atoms with Crippen LogP contribution in [0.15, 0.2) is 54.9 Å². The minimum absolute atomic E-state index is 0.641. The van der Waals surface area contributed by atoms with E-state index in [1.54, 1.807) is 0 Å². The lowest BCUT2D eigenvalue weighted by atomic mass is 10.1. The number of hydrogen-bond donors (Lipinski definition) is 1. The summed E-state index contributed by atoms with van der Waals surface area (Å²) < 4.78 is 8.02. The SMILES string of the molecule is c1cnc2c(c1)ccn2CCOc1ccc(CC2CNCS2)cc1. The molecule has 0 aliphatic carbocycles. The zero-order valence-corrected chi connectivity index (χ0v) is 14.3. The highest BCUT2D eigenvalue weighted by Gasteiger charge is 2.15. The molecule has 0 saturated carbocycles. The fourth-order valence-corrected chi connectivity index (χ4v) is 4.05. The number of benzene rings is 1. The van der Waals surface area contributed by atoms with Gasteiger partial charge in [0.15, 0.2) is 0 Å². The third kappa shape index (κ3) is 3.57. The van der Waals surface area contributed by atoms with Crippen LogP contribution in [0.1, 0.15) is 5.56 Å². The Kier molecular flexibility index (Phi) is 4.71. The highest BCUT2D eigenvalue weighted by atomic mass is 32.2. The maximum absolute atomic E-state index is 5.89. The molecule has 0 radical (unpaired) electrons. The standard InChI is InChI=1S/C19H21N3OS/c1-2-16-7-9-22(19(16)21-8-1)10-11-23-17-5-3-15(4-6-17)12-18-13-20-14-24-18/h1-9,18,20H,10-14H2. The third-order valence-corrected chi connectivity index (χ3v) is 5.48. The van der Waals surface area contributed by atoms with Crippen LogP contribution in [0.2, 0.25) is 0 Å². The first-order chi connectivity index (χ1) is 11.9. The Balaban J connectivity index is 1.31. The predicted molar refractivity (Wildman–Crippen MR) is 99.6 cm³/mol. The summed E-state index contributed by atoms with van der Waals surface area (Å²) in [6, 6.07) is 14.7. The van der Waals surface area contributed by atoms with E-state index in [1.165, 1.54) is 10.9 Å². The Morgan fingerprint density at radius 3 is 2.96 bits per heavy atom. The molecule has 5 heteroatoms. The number of thioether (sulfide) groups is 1. The highest BCUT2D eigenvalue weighted by molar-refractivity contribution is 8.00. The molecule has 0 bridgehead atoms. The molecule has 1 fully saturated rings. The number of pyridine rings is 1. The Morgan fingerprint density at radius 1 is 1.21 bits per heavy atom. The third-order valence-electron chi connectivity index (χ3n) is 4.30. The molecule has 124 valence electrons. The van der Waals surface area contributed by atoms with Gasteiger partial charge >= 0.3 is 0 Å². The molecular formula is C19H21N3OS. The fourth-order valence-electron chi connectivity index (χ4n) is 3.03. The van der Waals surface area contributed by atoms with E-state index < -0.39 is 0 Å². The van der Waals surface area contributed by atoms with Crippen molar-refractivity contribution in [2.24, 2.45) is 0 Å². The summed E-state index contributed by atoms with van der Waals surface area (Å²) in [5.41, 5.74) is 2.39. The molecule has 1 aromatic carbocycles. The number of nitrogens with one attached hydrogen (secondary N) is 1. The number of nitrogens with zero attached hydrogens (tertiary/aromatic N) is 2. The number of hydrogen-bond acceptors (Lipinski definition) is 4. The first kappa shape index (κ1) is 15.5. The van der Waals surface area contributed by atoms with Gasteiger partial charge in [0, 0.05) is 35.5 Å². The van der Waals surface area contributed by atoms with E-state index in [1.807, 2.05) is 24.0 Å². The van der Waals surface area contributed by atoms with Crippen molar-refractivity contribution < 1.29 is 4.74 Å². The topological polar surface area (TPSA) is 39.1 Å². The molecule has 1 atom stereocenters. The van der Waals surface area contributed by atoms with Gasteiger partial charge in [0.1, 0.15) is 18.0 Å². The molecule has 1 saturated heterocycles. The van der Waals surface area contributed by atoms with Gasteiger partial charge in [-0.1, -0.05) is 12.1 Å². The normalized spacial score (nSPS) is 17.4. The van der Waals surface area contributed by atoms with E-state index in [-0.39, 0.29) is 0 Å². The zero-order chi connectivity index (χ0) is 16.2. The summed E-state index contributed by atoms with van der Waals surface area (Å²) in [6.07, 6.45) is 5.02. The van der Waals surface area contributed by atoms with E-state index >= 15 is 0 Å². The molecular weight excluding hydrogens is 318 g/mol. The first-order valence-corrected chi connectivity index (χ1v) is 9.37. The maximum Gasteiger partial charge on any atom is 0.139 e. The van der Waals surface area contributed by atoms with Gasteiger partial charge in [-0.15, -0.1) is 11.8 Å². The fraction of sp³-hybridized carbons (Fsp3) is 0.316. The van der Waals surface area contributed by atoms with E-state index in [0.29, 0.717) is 11.9 Å². The molecule has 2 aromatic heterocycles. The highest BCUT2D eigenvalue weighted by Crippen LogP contribution is 2.21. The summed E-state index contributed by atoms with van der Waals surface area (Å²) in [7, 11) is 0. The van der Waals surface area contributed by atoms with Crippen molar-refractivity contribution in [1.29, 1.82) is 0 Å². The molecule has 3 heterocycles. The molecule has 1 unspecified atom stereocenters. The van der Waals surface area contributed by atoms with Gasteiger partial charge in [0.2, 0.25) is 0 Å². The van der Waals surface area contributed by atoms with Crippen molar-refractivity contribution in [3.8, 4) is 5.75 Å². The second-order valence-corrected chi connectivity index (χ2v) is 7.30. The minimum Gasteiger partial charge on any atom is -0.492 e. The second kappa shape index (κ2) is 7.28. The van der Waals surface area contributed by atoms with E-state index in [2.05, 4.69) is 57.5 Å². The van der Waals surface area contributed by atoms with Crippen LogP contribution in [0.4, 0.5) is 0 Å². The summed E-state index contributed by atoms with van der Waals surface area (Å²) in [6.45, 7) is 2.55. The Morgan fingerprint density at radius 2 is 2.12 bits per heavy atom. The van der Waals surface area contributed by atoms with Crippen molar-refractivity contribution in [3.63, 3.8) is 0 Å². The quantitative estimate of drug-likeness (QED) is 0.748. The van der Waals surface area contributed by atoms with Crippen LogP contribution >= 0.6 is 11.8 Å². The van der Waals surface area contributed by atoms with E-state index in [0.717, 1.165) is 36.8 Å². The summed E-state index contributed by atoms with van der Waals surface area (Å²) in [5.74, 6) is 2.01. The molecule has 4 rings (SSSR count). The summed E-state index contributed by atoms with van der Waals surface area (Å²) in [4.78, 5) is 4.43. The number of aromatic nitrogens is 2. The monoisotopic (exact) mass is 339 g/mol. The molecule has 0 amide bonds. The van der Waals surface area contributed by atoms with Crippen LogP contribution in [0.5, 0.6) is 5.75 Å². The molecule has 0 spiro atoms. The van der Waals surface area contributed by atoms with Crippen molar-refractivity contribution in [3.05, 3.63) is 60.4 Å². The average Bonchev–Trinajstić information content (AvgIpc) is 3.27. The van der Waals surface area contributed by atoms with Gasteiger partial charge in [-0.2, -0.15) is 0 Å². The molecule has 24 heavy (non-hydrogen) atoms.